The molecule has 4 aromatic carbocycles. The number of fused-ring (bicyclic) bond motifs is 1. The van der Waals surface area contributed by atoms with Gasteiger partial charge in [0.25, 0.3) is 0 Å². The van der Waals surface area contributed by atoms with Crippen molar-refractivity contribution in [2.24, 2.45) is 0 Å². The second kappa shape index (κ2) is 10.4. The summed E-state index contributed by atoms with van der Waals surface area (Å²) >= 11 is 0. The highest BCUT2D eigenvalue weighted by molar-refractivity contribution is 5.83. The zero-order valence-corrected chi connectivity index (χ0v) is 19.7. The van der Waals surface area contributed by atoms with E-state index in [2.05, 4.69) is 140 Å². The highest BCUT2D eigenvalue weighted by Crippen LogP contribution is 2.29. The number of aryl methyl sites for hydroxylation is 1. The van der Waals surface area contributed by atoms with E-state index in [-0.39, 0.29) is 0 Å². The number of hydrogen-bond donors (Lipinski definition) is 0. The molecule has 4 aromatic rings. The molecule has 0 saturated heterocycles. The molecule has 0 saturated carbocycles. The first kappa shape index (κ1) is 21.9. The fourth-order valence-electron chi connectivity index (χ4n) is 4.74. The molecule has 1 unspecified atom stereocenters. The topological polar surface area (TPSA) is 0 Å². The van der Waals surface area contributed by atoms with Crippen molar-refractivity contribution in [2.45, 2.75) is 25.7 Å². The second-order valence-electron chi connectivity index (χ2n) is 9.03. The van der Waals surface area contributed by atoms with Gasteiger partial charge in [0.05, 0.1) is 0 Å². The summed E-state index contributed by atoms with van der Waals surface area (Å²) in [7, 11) is 0. The van der Waals surface area contributed by atoms with Crippen molar-refractivity contribution in [3.8, 4) is 0 Å². The molecule has 0 N–H and O–H groups in total. The lowest BCUT2D eigenvalue weighted by molar-refractivity contribution is 1.07. The standard InChI is InChI=1S/C34H30/c1-26-11-5-10-18-34(26)33-22-19-27(23-33)12-3-2-4-13-29-14-6-8-16-31(29)24-28-20-21-30-15-7-9-17-32(30)25-28/h2-12,14-23,25,33H,13,24H2,1H3/b4-2-,12-3+. The smallest absolute Gasteiger partial charge is 0.0213 e. The van der Waals surface area contributed by atoms with Crippen LogP contribution in [0.1, 0.15) is 33.7 Å². The van der Waals surface area contributed by atoms with E-state index in [1.165, 1.54) is 44.2 Å². The van der Waals surface area contributed by atoms with Gasteiger partial charge in [0.1, 0.15) is 0 Å². The first-order chi connectivity index (χ1) is 16.8. The van der Waals surface area contributed by atoms with Gasteiger partial charge in [-0.25, -0.2) is 0 Å². The van der Waals surface area contributed by atoms with Crippen LogP contribution >= 0.6 is 0 Å². The Morgan fingerprint density at radius 1 is 0.735 bits per heavy atom. The molecule has 34 heavy (non-hydrogen) atoms. The first-order valence-corrected chi connectivity index (χ1v) is 12.1. The summed E-state index contributed by atoms with van der Waals surface area (Å²) in [6, 6.07) is 32.8. The predicted molar refractivity (Wildman–Crippen MR) is 146 cm³/mol. The van der Waals surface area contributed by atoms with E-state index in [9.17, 15) is 0 Å². The normalized spacial score (nSPS) is 15.6. The van der Waals surface area contributed by atoms with Gasteiger partial charge in [0.15, 0.2) is 0 Å². The molecule has 0 fully saturated rings. The van der Waals surface area contributed by atoms with Crippen molar-refractivity contribution in [3.05, 3.63) is 167 Å². The largest absolute Gasteiger partial charge is 0.0801 e. The fourth-order valence-corrected chi connectivity index (χ4v) is 4.74. The van der Waals surface area contributed by atoms with Crippen molar-refractivity contribution < 1.29 is 0 Å². The van der Waals surface area contributed by atoms with Gasteiger partial charge in [0, 0.05) is 5.92 Å². The van der Waals surface area contributed by atoms with Gasteiger partial charge >= 0.3 is 0 Å². The molecule has 0 bridgehead atoms. The highest BCUT2D eigenvalue weighted by Gasteiger charge is 2.11. The summed E-state index contributed by atoms with van der Waals surface area (Å²) in [5.74, 6) is 0.381. The van der Waals surface area contributed by atoms with Gasteiger partial charge in [-0.05, 0) is 63.9 Å². The molecule has 5 rings (SSSR count). The zero-order chi connectivity index (χ0) is 23.2. The Bertz CT molecular complexity index is 1410. The molecule has 0 heterocycles. The highest BCUT2D eigenvalue weighted by atomic mass is 14.2. The fraction of sp³-hybridized carbons (Fsp3) is 0.118. The van der Waals surface area contributed by atoms with Gasteiger partial charge in [0.2, 0.25) is 0 Å². The van der Waals surface area contributed by atoms with E-state index >= 15 is 0 Å². The van der Waals surface area contributed by atoms with Crippen molar-refractivity contribution in [1.29, 1.82) is 0 Å². The molecule has 0 nitrogen and oxygen atoms in total. The summed E-state index contributed by atoms with van der Waals surface area (Å²) in [6.07, 6.45) is 17.5. The molecule has 1 aliphatic rings. The van der Waals surface area contributed by atoms with Crippen LogP contribution in [0.2, 0.25) is 0 Å². The van der Waals surface area contributed by atoms with Crippen LogP contribution in [0.3, 0.4) is 0 Å². The molecule has 0 amide bonds. The lowest BCUT2D eigenvalue weighted by atomic mass is 9.96. The molecule has 1 atom stereocenters. The Morgan fingerprint density at radius 2 is 1.50 bits per heavy atom. The van der Waals surface area contributed by atoms with Crippen molar-refractivity contribution in [3.63, 3.8) is 0 Å². The average Bonchev–Trinajstić information content (AvgIpc) is 3.34. The zero-order valence-electron chi connectivity index (χ0n) is 19.7. The summed E-state index contributed by atoms with van der Waals surface area (Å²) in [5.41, 5.74) is 8.16. The van der Waals surface area contributed by atoms with Gasteiger partial charge in [-0.15, -0.1) is 0 Å². The molecular formula is C34H30. The molecule has 0 aliphatic heterocycles. The lowest BCUT2D eigenvalue weighted by Gasteiger charge is -2.09. The van der Waals surface area contributed by atoms with Gasteiger partial charge in [-0.2, -0.15) is 0 Å². The van der Waals surface area contributed by atoms with E-state index < -0.39 is 0 Å². The van der Waals surface area contributed by atoms with Crippen LogP contribution in [0.5, 0.6) is 0 Å². The molecule has 1 aliphatic carbocycles. The maximum absolute atomic E-state index is 2.34. The van der Waals surface area contributed by atoms with E-state index in [4.69, 9.17) is 0 Å². The van der Waals surface area contributed by atoms with Crippen molar-refractivity contribution in [2.75, 3.05) is 0 Å². The molecule has 0 aromatic heterocycles. The Labute approximate surface area is 203 Å². The Balaban J connectivity index is 1.22. The number of benzene rings is 4. The van der Waals surface area contributed by atoms with Crippen LogP contribution in [-0.4, -0.2) is 0 Å². The molecule has 166 valence electrons. The van der Waals surface area contributed by atoms with Gasteiger partial charge in [-0.3, -0.25) is 0 Å². The third-order valence-corrected chi connectivity index (χ3v) is 6.62. The average molecular weight is 439 g/mol. The third-order valence-electron chi connectivity index (χ3n) is 6.62. The van der Waals surface area contributed by atoms with Gasteiger partial charge in [-0.1, -0.05) is 134 Å². The molecular weight excluding hydrogens is 408 g/mol. The van der Waals surface area contributed by atoms with E-state index in [0.717, 1.165) is 12.8 Å². The third kappa shape index (κ3) is 5.18. The monoisotopic (exact) mass is 438 g/mol. The summed E-state index contributed by atoms with van der Waals surface area (Å²) in [4.78, 5) is 0. The lowest BCUT2D eigenvalue weighted by Crippen LogP contribution is -1.94. The summed E-state index contributed by atoms with van der Waals surface area (Å²) < 4.78 is 0. The number of hydrogen-bond acceptors (Lipinski definition) is 0. The maximum atomic E-state index is 2.34. The van der Waals surface area contributed by atoms with Crippen LogP contribution in [0, 0.1) is 6.92 Å². The summed E-state index contributed by atoms with van der Waals surface area (Å²) in [5, 5.41) is 2.61. The number of rotatable bonds is 7. The SMILES string of the molecule is Cc1ccccc1C1C=CC(/C=C/C=C\Cc2ccccc2Cc2ccc3ccccc3c2)=C1. The van der Waals surface area contributed by atoms with Crippen LogP contribution < -0.4 is 0 Å². The quantitative estimate of drug-likeness (QED) is 0.253. The predicted octanol–water partition coefficient (Wildman–Crippen LogP) is 8.67. The van der Waals surface area contributed by atoms with E-state index in [1.54, 1.807) is 0 Å². The Kier molecular flexibility index (Phi) is 6.68. The Hall–Kier alpha value is -3.90. The van der Waals surface area contributed by atoms with Crippen molar-refractivity contribution >= 4 is 10.8 Å². The maximum Gasteiger partial charge on any atom is 0.0213 e. The van der Waals surface area contributed by atoms with Gasteiger partial charge < -0.3 is 0 Å². The van der Waals surface area contributed by atoms with E-state index in [1.807, 2.05) is 0 Å². The minimum atomic E-state index is 0.381. The van der Waals surface area contributed by atoms with Crippen molar-refractivity contribution in [1.82, 2.24) is 0 Å². The second-order valence-corrected chi connectivity index (χ2v) is 9.03. The molecule has 0 spiro atoms. The molecule has 0 radical (unpaired) electrons. The number of allylic oxidation sites excluding steroid dienone is 8. The van der Waals surface area contributed by atoms with Crippen LogP contribution in [-0.2, 0) is 12.8 Å². The first-order valence-electron chi connectivity index (χ1n) is 12.1. The molecule has 0 heteroatoms. The summed E-state index contributed by atoms with van der Waals surface area (Å²) in [6.45, 7) is 2.19. The Morgan fingerprint density at radius 3 is 2.38 bits per heavy atom. The minimum absolute atomic E-state index is 0.381. The minimum Gasteiger partial charge on any atom is -0.0801 e. The van der Waals surface area contributed by atoms with Crippen LogP contribution in [0.15, 0.2) is 139 Å². The van der Waals surface area contributed by atoms with E-state index in [0.29, 0.717) is 5.92 Å². The van der Waals surface area contributed by atoms with Crippen LogP contribution in [0.4, 0.5) is 0 Å². The van der Waals surface area contributed by atoms with Crippen LogP contribution in [0.25, 0.3) is 10.8 Å².